The van der Waals surface area contributed by atoms with Gasteiger partial charge in [0.1, 0.15) is 11.7 Å². The fraction of sp³-hybridized carbons (Fsp3) is 0.300. The first-order valence-corrected chi connectivity index (χ1v) is 5.01. The topological polar surface area (TPSA) is 24.4 Å². The van der Waals surface area contributed by atoms with E-state index in [4.69, 9.17) is 12.2 Å². The van der Waals surface area contributed by atoms with Crippen molar-refractivity contribution in [2.45, 2.75) is 0 Å². The van der Waals surface area contributed by atoms with E-state index in [9.17, 15) is 0 Å². The molecule has 14 heavy (non-hydrogen) atoms. The Morgan fingerprint density at radius 2 is 2.14 bits per heavy atom. The molecule has 1 atom stereocenters. The maximum Gasteiger partial charge on any atom is 0.163 e. The van der Waals surface area contributed by atoms with Crippen LogP contribution in [0.1, 0.15) is 0 Å². The van der Waals surface area contributed by atoms with E-state index in [1.165, 1.54) is 0 Å². The highest BCUT2D eigenvalue weighted by molar-refractivity contribution is 7.78. The number of hydrogen-bond donors (Lipinski definition) is 1. The molecule has 1 aromatic carbocycles. The molecule has 0 radical (unpaired) electrons. The summed E-state index contributed by atoms with van der Waals surface area (Å²) < 4.78 is 0.532. The molecule has 1 saturated heterocycles. The second-order valence-corrected chi connectivity index (χ2v) is 3.51. The number of nitrogens with one attached hydrogen (secondary N) is 1. The fourth-order valence-corrected chi connectivity index (χ4v) is 1.91. The quantitative estimate of drug-likeness (QED) is 0.451. The zero-order valence-electron chi connectivity index (χ0n) is 7.81. The van der Waals surface area contributed by atoms with Gasteiger partial charge in [-0.1, -0.05) is 18.2 Å². The van der Waals surface area contributed by atoms with Gasteiger partial charge in [-0.2, -0.15) is 0 Å². The summed E-state index contributed by atoms with van der Waals surface area (Å²) in [5.41, 5.74) is 1.16. The Labute approximate surface area is 88.6 Å². The molecular weight excluding hydrogens is 194 g/mol. The molecule has 1 unspecified atom stereocenters. The number of benzene rings is 1. The number of para-hydroxylation sites is 1. The normalized spacial score (nSPS) is 25.7. The molecular formula is C10H12N3S+. The van der Waals surface area contributed by atoms with Crippen LogP contribution in [-0.2, 0) is 0 Å². The highest BCUT2D eigenvalue weighted by atomic mass is 32.1. The molecule has 4 heteroatoms. The third kappa shape index (κ3) is 1.61. The molecule has 0 bridgehead atoms. The van der Waals surface area contributed by atoms with Crippen LogP contribution in [0.3, 0.4) is 0 Å². The van der Waals surface area contributed by atoms with Crippen molar-refractivity contribution >= 4 is 23.1 Å². The summed E-state index contributed by atoms with van der Waals surface area (Å²) in [5, 5.41) is 10.0. The van der Waals surface area contributed by atoms with E-state index in [0.29, 0.717) is 4.59 Å². The molecule has 1 fully saturated rings. The van der Waals surface area contributed by atoms with Gasteiger partial charge in [0, 0.05) is 12.1 Å². The summed E-state index contributed by atoms with van der Waals surface area (Å²) in [6, 6.07) is 10.2. The lowest BCUT2D eigenvalue weighted by atomic mass is 10.3. The first-order chi connectivity index (χ1) is 6.87. The van der Waals surface area contributed by atoms with E-state index < -0.39 is 0 Å². The second-order valence-electron chi connectivity index (χ2n) is 3.33. The van der Waals surface area contributed by atoms with Gasteiger partial charge in [-0.15, -0.1) is 4.59 Å². The van der Waals surface area contributed by atoms with E-state index >= 15 is 0 Å². The van der Waals surface area contributed by atoms with Crippen molar-refractivity contribution in [3.8, 4) is 0 Å². The van der Waals surface area contributed by atoms with E-state index in [-0.39, 0.29) is 0 Å². The number of nitrogens with zero attached hydrogens (tertiary/aromatic N) is 2. The van der Waals surface area contributed by atoms with Crippen molar-refractivity contribution in [3.63, 3.8) is 0 Å². The van der Waals surface area contributed by atoms with Gasteiger partial charge in [0.15, 0.2) is 12.4 Å². The molecule has 0 saturated carbocycles. The summed E-state index contributed by atoms with van der Waals surface area (Å²) in [4.78, 5) is 0. The van der Waals surface area contributed by atoms with Crippen LogP contribution in [0.25, 0.3) is 0 Å². The van der Waals surface area contributed by atoms with Crippen LogP contribution in [0, 0.1) is 0 Å². The maximum atomic E-state index is 4.70. The van der Waals surface area contributed by atoms with Gasteiger partial charge in [0.25, 0.3) is 0 Å². The summed E-state index contributed by atoms with van der Waals surface area (Å²) in [7, 11) is 0. The average Bonchev–Trinajstić information content (AvgIpc) is 2.70. The van der Waals surface area contributed by atoms with E-state index in [2.05, 4.69) is 27.7 Å². The highest BCUT2D eigenvalue weighted by Crippen LogP contribution is 2.24. The van der Waals surface area contributed by atoms with Crippen LogP contribution in [0.5, 0.6) is 0 Å². The molecule has 1 N–H and O–H groups in total. The molecule has 1 heterocycles. The first kappa shape index (κ1) is 9.49. The van der Waals surface area contributed by atoms with Crippen molar-refractivity contribution in [1.29, 1.82) is 0 Å². The van der Waals surface area contributed by atoms with Crippen molar-refractivity contribution in [2.24, 2.45) is 5.10 Å². The minimum atomic E-state index is 0.532. The van der Waals surface area contributed by atoms with Crippen LogP contribution in [-0.4, -0.2) is 24.9 Å². The smallest absolute Gasteiger partial charge is 0.163 e. The van der Waals surface area contributed by atoms with Crippen molar-refractivity contribution in [3.05, 3.63) is 30.3 Å². The molecule has 0 spiro atoms. The zero-order chi connectivity index (χ0) is 9.86. The van der Waals surface area contributed by atoms with Gasteiger partial charge in [-0.25, -0.2) is 0 Å². The number of rotatable bonds is 2. The van der Waals surface area contributed by atoms with Gasteiger partial charge < -0.3 is 0 Å². The van der Waals surface area contributed by atoms with Crippen LogP contribution >= 0.6 is 12.2 Å². The summed E-state index contributed by atoms with van der Waals surface area (Å²) in [5.74, 6) is 0. The van der Waals surface area contributed by atoms with Gasteiger partial charge in [-0.3, -0.25) is 5.32 Å². The monoisotopic (exact) mass is 206 g/mol. The molecule has 3 nitrogen and oxygen atoms in total. The Morgan fingerprint density at radius 1 is 1.36 bits per heavy atom. The Kier molecular flexibility index (Phi) is 2.70. The molecule has 72 valence electrons. The lowest BCUT2D eigenvalue weighted by molar-refractivity contribution is 0.351. The fourth-order valence-electron chi connectivity index (χ4n) is 1.75. The van der Waals surface area contributed by atoms with E-state index in [0.717, 1.165) is 25.4 Å². The maximum absolute atomic E-state index is 4.70. The van der Waals surface area contributed by atoms with Gasteiger partial charge in [0.2, 0.25) is 0 Å². The van der Waals surface area contributed by atoms with Crippen molar-refractivity contribution in [1.82, 2.24) is 9.91 Å². The number of hydrogen-bond acceptors (Lipinski definition) is 3. The average molecular weight is 206 g/mol. The van der Waals surface area contributed by atoms with Crippen LogP contribution in [0.2, 0.25) is 0 Å². The predicted molar refractivity (Wildman–Crippen MR) is 61.0 cm³/mol. The third-order valence-corrected chi connectivity index (χ3v) is 2.58. The number of thiocarbonyl (C=S) groups is 1. The summed E-state index contributed by atoms with van der Waals surface area (Å²) >= 11 is 4.70. The van der Waals surface area contributed by atoms with Gasteiger partial charge in [-0.05, 0) is 17.3 Å². The molecule has 1 aromatic rings. The summed E-state index contributed by atoms with van der Waals surface area (Å²) in [6.45, 7) is 2.71. The standard InChI is InChI=1S/C10H12N3S/c14-9-12-13(7-6-11-8-13)10-4-2-1-3-5-10/h1-5,11H,6-8H2/q+1. The molecule has 1 aliphatic rings. The Balaban J connectivity index is 2.41. The largest absolute Gasteiger partial charge is 0.262 e. The SMILES string of the molecule is S=C=N[N+]1(c2ccccc2)CCNC1. The lowest BCUT2D eigenvalue weighted by Gasteiger charge is -2.23. The predicted octanol–water partition coefficient (Wildman–Crippen LogP) is 1.57. The number of quaternary nitrogens is 1. The Morgan fingerprint density at radius 3 is 2.71 bits per heavy atom. The molecule has 1 aliphatic heterocycles. The minimum Gasteiger partial charge on any atom is -0.262 e. The lowest BCUT2D eigenvalue weighted by Crippen LogP contribution is -2.42. The summed E-state index contributed by atoms with van der Waals surface area (Å²) in [6.07, 6.45) is 0. The highest BCUT2D eigenvalue weighted by Gasteiger charge is 2.34. The van der Waals surface area contributed by atoms with Crippen molar-refractivity contribution < 1.29 is 0 Å². The second kappa shape index (κ2) is 3.98. The van der Waals surface area contributed by atoms with Gasteiger partial charge >= 0.3 is 0 Å². The van der Waals surface area contributed by atoms with E-state index in [1.54, 1.807) is 0 Å². The Hall–Kier alpha value is -1.06. The van der Waals surface area contributed by atoms with Crippen LogP contribution < -0.4 is 9.91 Å². The molecule has 0 aromatic heterocycles. The third-order valence-electron chi connectivity index (χ3n) is 2.50. The minimum absolute atomic E-state index is 0.532. The van der Waals surface area contributed by atoms with E-state index in [1.807, 2.05) is 18.2 Å². The first-order valence-electron chi connectivity index (χ1n) is 4.60. The molecule has 0 amide bonds. The van der Waals surface area contributed by atoms with Gasteiger partial charge in [0.05, 0.1) is 6.54 Å². The molecule has 0 aliphatic carbocycles. The Bertz CT molecular complexity index is 351. The molecule has 2 rings (SSSR count). The zero-order valence-corrected chi connectivity index (χ0v) is 8.63. The number of isothiocyanates is 1. The van der Waals surface area contributed by atoms with Crippen LogP contribution in [0.4, 0.5) is 5.69 Å². The van der Waals surface area contributed by atoms with Crippen LogP contribution in [0.15, 0.2) is 35.4 Å². The van der Waals surface area contributed by atoms with Crippen molar-refractivity contribution in [2.75, 3.05) is 19.8 Å².